The zero-order valence-electron chi connectivity index (χ0n) is 12.6. The van der Waals surface area contributed by atoms with Crippen LogP contribution in [0.4, 0.5) is 13.2 Å². The molecule has 3 aromatic heterocycles. The van der Waals surface area contributed by atoms with Crippen LogP contribution < -0.4 is 0 Å². The van der Waals surface area contributed by atoms with E-state index in [1.54, 1.807) is 0 Å². The first-order chi connectivity index (χ1) is 11.6. The molecule has 132 valence electrons. The number of sulfone groups is 1. The lowest BCUT2D eigenvalue weighted by atomic mass is 10.2. The number of alkyl halides is 3. The molecule has 0 unspecified atom stereocenters. The van der Waals surface area contributed by atoms with E-state index in [0.29, 0.717) is 0 Å². The van der Waals surface area contributed by atoms with Crippen LogP contribution >= 0.6 is 11.6 Å². The summed E-state index contributed by atoms with van der Waals surface area (Å²) in [6, 6.07) is 3.42. The second-order valence-electron chi connectivity index (χ2n) is 5.06. The maximum Gasteiger partial charge on any atom is 0.435 e. The van der Waals surface area contributed by atoms with E-state index in [9.17, 15) is 21.6 Å². The third kappa shape index (κ3) is 3.31. The molecule has 6 nitrogen and oxygen atoms in total. The molecule has 0 aliphatic carbocycles. The molecule has 0 aliphatic rings. The lowest BCUT2D eigenvalue weighted by molar-refractivity contribution is -0.141. The van der Waals surface area contributed by atoms with Gasteiger partial charge in [0.2, 0.25) is 0 Å². The SMILES string of the molecule is CCS(=O)(=O)c1ccc(Cl)nc1-c1cnc2cc(C(F)(F)F)nn2c1. The average Bonchev–Trinajstić information content (AvgIpc) is 2.98. The summed E-state index contributed by atoms with van der Waals surface area (Å²) in [5, 5.41) is 3.47. The summed E-state index contributed by atoms with van der Waals surface area (Å²) < 4.78 is 63.6. The van der Waals surface area contributed by atoms with Crippen LogP contribution in [0.2, 0.25) is 5.15 Å². The highest BCUT2D eigenvalue weighted by Crippen LogP contribution is 2.30. The molecule has 0 amide bonds. The van der Waals surface area contributed by atoms with E-state index in [4.69, 9.17) is 11.6 Å². The van der Waals surface area contributed by atoms with Gasteiger partial charge in [-0.25, -0.2) is 22.9 Å². The normalized spacial score (nSPS) is 12.7. The number of pyridine rings is 1. The minimum absolute atomic E-state index is 0.00723. The van der Waals surface area contributed by atoms with Crippen molar-refractivity contribution in [3.63, 3.8) is 0 Å². The predicted molar refractivity (Wildman–Crippen MR) is 84.0 cm³/mol. The van der Waals surface area contributed by atoms with E-state index in [1.165, 1.54) is 31.5 Å². The molecule has 11 heteroatoms. The highest BCUT2D eigenvalue weighted by molar-refractivity contribution is 7.91. The van der Waals surface area contributed by atoms with E-state index in [1.807, 2.05) is 0 Å². The summed E-state index contributed by atoms with van der Waals surface area (Å²) in [5.41, 5.74) is -0.942. The van der Waals surface area contributed by atoms with Gasteiger partial charge in [-0.15, -0.1) is 0 Å². The molecule has 3 rings (SSSR count). The number of hydrogen-bond acceptors (Lipinski definition) is 5. The standard InChI is InChI=1S/C14H10ClF3N4O2S/c1-2-25(23,24)9-3-4-11(15)20-13(9)8-6-19-12-5-10(14(16,17)18)21-22(12)7-8/h3-7H,2H2,1H3. The Bertz CT molecular complexity index is 1060. The van der Waals surface area contributed by atoms with Crippen LogP contribution in [0.1, 0.15) is 12.6 Å². The molecular formula is C14H10ClF3N4O2S. The van der Waals surface area contributed by atoms with Crippen LogP contribution in [0.25, 0.3) is 16.9 Å². The summed E-state index contributed by atoms with van der Waals surface area (Å²) in [4.78, 5) is 7.82. The number of rotatable bonds is 3. The molecule has 3 heterocycles. The topological polar surface area (TPSA) is 77.2 Å². The quantitative estimate of drug-likeness (QED) is 0.641. The number of nitrogens with zero attached hydrogens (tertiary/aromatic N) is 4. The van der Waals surface area contributed by atoms with Crippen LogP contribution in [0, 0.1) is 0 Å². The van der Waals surface area contributed by atoms with Crippen molar-refractivity contribution in [1.82, 2.24) is 19.6 Å². The first-order valence-corrected chi connectivity index (χ1v) is 8.97. The van der Waals surface area contributed by atoms with Crippen molar-refractivity contribution in [1.29, 1.82) is 0 Å². The van der Waals surface area contributed by atoms with Gasteiger partial charge < -0.3 is 0 Å². The van der Waals surface area contributed by atoms with Gasteiger partial charge in [-0.2, -0.15) is 18.3 Å². The van der Waals surface area contributed by atoms with E-state index in [0.717, 1.165) is 10.6 Å². The molecule has 0 saturated heterocycles. The number of halogens is 4. The maximum atomic E-state index is 12.8. The Morgan fingerprint density at radius 1 is 1.28 bits per heavy atom. The van der Waals surface area contributed by atoms with E-state index >= 15 is 0 Å². The van der Waals surface area contributed by atoms with Crippen LogP contribution in [0.3, 0.4) is 0 Å². The van der Waals surface area contributed by atoms with Crippen molar-refractivity contribution >= 4 is 27.1 Å². The lowest BCUT2D eigenvalue weighted by Gasteiger charge is -2.09. The fourth-order valence-electron chi connectivity index (χ4n) is 2.17. The largest absolute Gasteiger partial charge is 0.435 e. The Kier molecular flexibility index (Phi) is 4.20. The smallest absolute Gasteiger partial charge is 0.236 e. The van der Waals surface area contributed by atoms with E-state index in [2.05, 4.69) is 15.1 Å². The Labute approximate surface area is 145 Å². The monoisotopic (exact) mass is 390 g/mol. The Balaban J connectivity index is 2.22. The van der Waals surface area contributed by atoms with Crippen molar-refractivity contribution in [2.24, 2.45) is 0 Å². The third-order valence-electron chi connectivity index (χ3n) is 3.42. The van der Waals surface area contributed by atoms with Gasteiger partial charge in [-0.3, -0.25) is 0 Å². The van der Waals surface area contributed by atoms with E-state index < -0.39 is 21.7 Å². The zero-order valence-corrected chi connectivity index (χ0v) is 14.2. The highest BCUT2D eigenvalue weighted by Gasteiger charge is 2.34. The Hall–Kier alpha value is -2.20. The minimum Gasteiger partial charge on any atom is -0.236 e. The summed E-state index contributed by atoms with van der Waals surface area (Å²) >= 11 is 5.84. The Morgan fingerprint density at radius 3 is 2.64 bits per heavy atom. The van der Waals surface area contributed by atoms with Gasteiger partial charge in [0, 0.05) is 24.0 Å². The number of fused-ring (bicyclic) bond motifs is 1. The Morgan fingerprint density at radius 2 is 2.00 bits per heavy atom. The van der Waals surface area contributed by atoms with Crippen LogP contribution in [0.5, 0.6) is 0 Å². The summed E-state index contributed by atoms with van der Waals surface area (Å²) in [7, 11) is -3.62. The van der Waals surface area contributed by atoms with Crippen LogP contribution in [0.15, 0.2) is 35.5 Å². The van der Waals surface area contributed by atoms with Crippen molar-refractivity contribution in [2.45, 2.75) is 18.0 Å². The number of aromatic nitrogens is 4. The van der Waals surface area contributed by atoms with Crippen LogP contribution in [-0.2, 0) is 16.0 Å². The molecule has 0 saturated carbocycles. The second-order valence-corrected chi connectivity index (χ2v) is 7.69. The van der Waals surface area contributed by atoms with Crippen LogP contribution in [-0.4, -0.2) is 33.8 Å². The molecule has 0 spiro atoms. The first-order valence-electron chi connectivity index (χ1n) is 6.94. The summed E-state index contributed by atoms with van der Waals surface area (Å²) in [6.45, 7) is 1.47. The third-order valence-corrected chi connectivity index (χ3v) is 5.39. The van der Waals surface area contributed by atoms with Gasteiger partial charge in [-0.05, 0) is 12.1 Å². The van der Waals surface area contributed by atoms with Gasteiger partial charge in [0.1, 0.15) is 5.15 Å². The molecule has 25 heavy (non-hydrogen) atoms. The van der Waals surface area contributed by atoms with Crippen molar-refractivity contribution in [3.8, 4) is 11.3 Å². The predicted octanol–water partition coefficient (Wildman–Crippen LogP) is 3.26. The van der Waals surface area contributed by atoms with Crippen molar-refractivity contribution in [3.05, 3.63) is 41.4 Å². The second kappa shape index (κ2) is 5.95. The maximum absolute atomic E-state index is 12.8. The molecule has 0 bridgehead atoms. The molecule has 0 radical (unpaired) electrons. The molecule has 0 fully saturated rings. The van der Waals surface area contributed by atoms with Gasteiger partial charge in [-0.1, -0.05) is 18.5 Å². The molecule has 0 atom stereocenters. The van der Waals surface area contributed by atoms with Gasteiger partial charge in [0.25, 0.3) is 0 Å². The summed E-state index contributed by atoms with van der Waals surface area (Å²) in [5.74, 6) is -0.168. The molecule has 0 N–H and O–H groups in total. The molecule has 0 aromatic carbocycles. The van der Waals surface area contributed by atoms with Crippen molar-refractivity contribution in [2.75, 3.05) is 5.75 Å². The number of hydrogen-bond donors (Lipinski definition) is 0. The minimum atomic E-state index is -4.61. The fourth-order valence-corrected chi connectivity index (χ4v) is 3.37. The van der Waals surface area contributed by atoms with Gasteiger partial charge >= 0.3 is 6.18 Å². The van der Waals surface area contributed by atoms with Gasteiger partial charge in [0.05, 0.1) is 16.3 Å². The van der Waals surface area contributed by atoms with Crippen molar-refractivity contribution < 1.29 is 21.6 Å². The average molecular weight is 391 g/mol. The fraction of sp³-hybridized carbons (Fsp3) is 0.214. The first kappa shape index (κ1) is 17.6. The molecule has 3 aromatic rings. The highest BCUT2D eigenvalue weighted by atomic mass is 35.5. The molecule has 0 aliphatic heterocycles. The van der Waals surface area contributed by atoms with E-state index in [-0.39, 0.29) is 32.7 Å². The summed E-state index contributed by atoms with van der Waals surface area (Å²) in [6.07, 6.45) is -2.16. The lowest BCUT2D eigenvalue weighted by Crippen LogP contribution is -2.08. The molecular weight excluding hydrogens is 381 g/mol. The zero-order chi connectivity index (χ0) is 18.4. The van der Waals surface area contributed by atoms with Gasteiger partial charge in [0.15, 0.2) is 21.2 Å².